The second-order valence-electron chi connectivity index (χ2n) is 8.40. The quantitative estimate of drug-likeness (QED) is 0.191. The molecule has 0 heterocycles. The first-order valence-corrected chi connectivity index (χ1v) is 10.7. The zero-order chi connectivity index (χ0) is 26.0. The van der Waals surface area contributed by atoms with E-state index in [0.717, 1.165) is 0 Å². The van der Waals surface area contributed by atoms with Crippen LogP contribution in [0.15, 0.2) is 24.3 Å². The van der Waals surface area contributed by atoms with Gasteiger partial charge in [-0.25, -0.2) is 4.79 Å². The average Bonchev–Trinajstić information content (AvgIpc) is 2.73. The number of rotatable bonds is 13. The number of carbonyl (C=O) groups is 5. The van der Waals surface area contributed by atoms with E-state index in [4.69, 9.17) is 10.8 Å². The third-order valence-electron chi connectivity index (χ3n) is 4.82. The Balaban J connectivity index is 2.80. The monoisotopic (exact) mass is 480 g/mol. The van der Waals surface area contributed by atoms with Gasteiger partial charge in [-0.05, 0) is 37.0 Å². The molecule has 0 aliphatic carbocycles. The summed E-state index contributed by atoms with van der Waals surface area (Å²) in [7, 11) is 0. The molecule has 8 N–H and O–H groups in total. The van der Waals surface area contributed by atoms with Crippen molar-refractivity contribution >= 4 is 29.7 Å². The van der Waals surface area contributed by atoms with E-state index in [9.17, 15) is 34.2 Å². The summed E-state index contributed by atoms with van der Waals surface area (Å²) in [5, 5.41) is 34.7. The molecule has 12 heteroatoms. The third kappa shape index (κ3) is 9.86. The van der Waals surface area contributed by atoms with Gasteiger partial charge in [0.25, 0.3) is 0 Å². The van der Waals surface area contributed by atoms with Crippen molar-refractivity contribution in [2.24, 2.45) is 11.7 Å². The molecule has 4 atom stereocenters. The number of nitrogens with two attached hydrogens (primary N) is 1. The molecule has 0 aliphatic heterocycles. The Morgan fingerprint density at radius 3 is 1.91 bits per heavy atom. The fourth-order valence-corrected chi connectivity index (χ4v) is 3.02. The molecule has 0 bridgehead atoms. The Morgan fingerprint density at radius 2 is 1.41 bits per heavy atom. The first kappa shape index (κ1) is 28.4. The smallest absolute Gasteiger partial charge is 0.326 e. The summed E-state index contributed by atoms with van der Waals surface area (Å²) in [6.45, 7) is 4.98. The third-order valence-corrected chi connectivity index (χ3v) is 4.82. The topological polar surface area (TPSA) is 208 Å². The van der Waals surface area contributed by atoms with Crippen LogP contribution >= 0.6 is 0 Å². The molecule has 0 saturated carbocycles. The van der Waals surface area contributed by atoms with Crippen LogP contribution < -0.4 is 21.7 Å². The number of phenolic OH excluding ortho intramolecular Hbond substituents is 1. The summed E-state index contributed by atoms with van der Waals surface area (Å²) in [6, 6.07) is 0.794. The van der Waals surface area contributed by atoms with Gasteiger partial charge >= 0.3 is 11.9 Å². The lowest BCUT2D eigenvalue weighted by Crippen LogP contribution is -2.57. The number of carboxylic acids is 2. The molecule has 0 fully saturated rings. The van der Waals surface area contributed by atoms with Gasteiger partial charge in [-0.1, -0.05) is 26.0 Å². The van der Waals surface area contributed by atoms with Gasteiger partial charge in [0.2, 0.25) is 17.7 Å². The summed E-state index contributed by atoms with van der Waals surface area (Å²) in [4.78, 5) is 60.0. The van der Waals surface area contributed by atoms with Crippen LogP contribution in [0.25, 0.3) is 0 Å². The maximum absolute atomic E-state index is 12.6. The van der Waals surface area contributed by atoms with Gasteiger partial charge < -0.3 is 37.0 Å². The van der Waals surface area contributed by atoms with Gasteiger partial charge in [0.05, 0.1) is 12.5 Å². The van der Waals surface area contributed by atoms with Gasteiger partial charge in [-0.15, -0.1) is 0 Å². The summed E-state index contributed by atoms with van der Waals surface area (Å²) >= 11 is 0. The van der Waals surface area contributed by atoms with Crippen molar-refractivity contribution in [1.29, 1.82) is 0 Å². The summed E-state index contributed by atoms with van der Waals surface area (Å²) in [5.41, 5.74) is 6.32. The van der Waals surface area contributed by atoms with Crippen LogP contribution in [0, 0.1) is 5.92 Å². The van der Waals surface area contributed by atoms with E-state index >= 15 is 0 Å². The van der Waals surface area contributed by atoms with E-state index in [1.54, 1.807) is 0 Å². The van der Waals surface area contributed by atoms with Crippen molar-refractivity contribution in [3.8, 4) is 5.75 Å². The van der Waals surface area contributed by atoms with Gasteiger partial charge in [-0.3, -0.25) is 19.2 Å². The first-order valence-electron chi connectivity index (χ1n) is 10.7. The van der Waals surface area contributed by atoms with Crippen molar-refractivity contribution in [3.63, 3.8) is 0 Å². The largest absolute Gasteiger partial charge is 0.508 e. The maximum Gasteiger partial charge on any atom is 0.326 e. The van der Waals surface area contributed by atoms with Crippen LogP contribution in [-0.2, 0) is 30.4 Å². The van der Waals surface area contributed by atoms with Crippen molar-refractivity contribution in [1.82, 2.24) is 16.0 Å². The molecule has 188 valence electrons. The molecule has 34 heavy (non-hydrogen) atoms. The van der Waals surface area contributed by atoms with Crippen LogP contribution in [0.3, 0.4) is 0 Å². The first-order chi connectivity index (χ1) is 15.8. The van der Waals surface area contributed by atoms with Crippen molar-refractivity contribution in [2.75, 3.05) is 0 Å². The number of benzene rings is 1. The van der Waals surface area contributed by atoms with E-state index in [1.807, 2.05) is 13.8 Å². The van der Waals surface area contributed by atoms with E-state index in [0.29, 0.717) is 12.0 Å². The lowest BCUT2D eigenvalue weighted by molar-refractivity contribution is -0.143. The second-order valence-corrected chi connectivity index (χ2v) is 8.40. The summed E-state index contributed by atoms with van der Waals surface area (Å²) in [6.07, 6.45) is -0.490. The number of aromatic hydroxyl groups is 1. The Kier molecular flexibility index (Phi) is 11.0. The number of hydrogen-bond donors (Lipinski definition) is 7. The highest BCUT2D eigenvalue weighted by atomic mass is 16.4. The highest BCUT2D eigenvalue weighted by Crippen LogP contribution is 2.11. The molecule has 0 aromatic heterocycles. The van der Waals surface area contributed by atoms with Gasteiger partial charge in [0.1, 0.15) is 23.9 Å². The minimum Gasteiger partial charge on any atom is -0.508 e. The molecule has 3 amide bonds. The van der Waals surface area contributed by atoms with Crippen LogP contribution in [0.4, 0.5) is 0 Å². The molecule has 1 aromatic carbocycles. The molecule has 0 radical (unpaired) electrons. The lowest BCUT2D eigenvalue weighted by atomic mass is 10.0. The predicted octanol–water partition coefficient (Wildman–Crippen LogP) is -0.658. The number of aliphatic carboxylic acids is 2. The normalized spacial score (nSPS) is 14.4. The number of carboxylic acid groups (broad SMARTS) is 2. The van der Waals surface area contributed by atoms with Crippen molar-refractivity contribution in [2.45, 2.75) is 64.2 Å². The van der Waals surface area contributed by atoms with Gasteiger partial charge in [-0.2, -0.15) is 0 Å². The van der Waals surface area contributed by atoms with Crippen LogP contribution in [0.1, 0.15) is 39.2 Å². The van der Waals surface area contributed by atoms with E-state index < -0.39 is 60.2 Å². The zero-order valence-corrected chi connectivity index (χ0v) is 19.3. The van der Waals surface area contributed by atoms with E-state index in [2.05, 4.69) is 16.0 Å². The minimum atomic E-state index is -1.48. The Labute approximate surface area is 196 Å². The number of hydrogen-bond acceptors (Lipinski definition) is 7. The predicted molar refractivity (Wildman–Crippen MR) is 121 cm³/mol. The second kappa shape index (κ2) is 13.1. The van der Waals surface area contributed by atoms with E-state index in [-0.39, 0.29) is 18.1 Å². The molecule has 0 spiro atoms. The zero-order valence-electron chi connectivity index (χ0n) is 19.3. The van der Waals surface area contributed by atoms with Gasteiger partial charge in [0, 0.05) is 6.42 Å². The Hall–Kier alpha value is -3.67. The van der Waals surface area contributed by atoms with Crippen LogP contribution in [-0.4, -0.2) is 69.1 Å². The van der Waals surface area contributed by atoms with Crippen molar-refractivity contribution in [3.05, 3.63) is 29.8 Å². The number of carbonyl (C=O) groups excluding carboxylic acids is 3. The minimum absolute atomic E-state index is 0.00386. The molecular formula is C22H32N4O8. The molecule has 12 nitrogen and oxygen atoms in total. The molecule has 1 aromatic rings. The highest BCUT2D eigenvalue weighted by Gasteiger charge is 2.30. The molecule has 4 unspecified atom stereocenters. The Morgan fingerprint density at radius 1 is 0.853 bits per heavy atom. The van der Waals surface area contributed by atoms with E-state index in [1.165, 1.54) is 31.2 Å². The Bertz CT molecular complexity index is 887. The van der Waals surface area contributed by atoms with Gasteiger partial charge in [0.15, 0.2) is 0 Å². The van der Waals surface area contributed by atoms with Crippen molar-refractivity contribution < 1.29 is 39.3 Å². The maximum atomic E-state index is 12.6. The SMILES string of the molecule is CC(C)CC(N)C(=O)NC(CC(=O)O)C(=O)NC(C)C(=O)NC(Cc1ccc(O)cc1)C(=O)O. The summed E-state index contributed by atoms with van der Waals surface area (Å²) in [5.74, 6) is -5.02. The number of nitrogens with one attached hydrogen (secondary N) is 3. The summed E-state index contributed by atoms with van der Waals surface area (Å²) < 4.78 is 0. The number of amides is 3. The molecule has 0 saturated heterocycles. The lowest BCUT2D eigenvalue weighted by Gasteiger charge is -2.23. The fourth-order valence-electron chi connectivity index (χ4n) is 3.02. The average molecular weight is 481 g/mol. The molecule has 0 aliphatic rings. The molecule has 1 rings (SSSR count). The van der Waals surface area contributed by atoms with Crippen LogP contribution in [0.5, 0.6) is 5.75 Å². The number of phenols is 1. The van der Waals surface area contributed by atoms with Crippen LogP contribution in [0.2, 0.25) is 0 Å². The fraction of sp³-hybridized carbons (Fsp3) is 0.500. The molecular weight excluding hydrogens is 448 g/mol. The highest BCUT2D eigenvalue weighted by molar-refractivity contribution is 5.95. The standard InChI is InChI=1S/C22H32N4O8/c1-11(2)8-15(23)20(31)25-16(10-18(28)29)21(32)24-12(3)19(30)26-17(22(33)34)9-13-4-6-14(27)7-5-13/h4-7,11-12,15-17,27H,8-10,23H2,1-3H3,(H,24,32)(H,25,31)(H,26,30)(H,28,29)(H,33,34).